The molecule has 3 nitrogen and oxygen atoms in total. The van der Waals surface area contributed by atoms with E-state index < -0.39 is 11.7 Å². The monoisotopic (exact) mass is 338 g/mol. The molecule has 130 valence electrons. The lowest BCUT2D eigenvalue weighted by Crippen LogP contribution is -2.14. The molecule has 24 heavy (non-hydrogen) atoms. The normalized spacial score (nSPS) is 11.4. The van der Waals surface area contributed by atoms with Gasteiger partial charge in [0.2, 0.25) is 0 Å². The lowest BCUT2D eigenvalue weighted by atomic mass is 10.2. The Morgan fingerprint density at radius 1 is 0.917 bits per heavy atom. The molecule has 0 aliphatic heterocycles. The maximum atomic E-state index is 12.7. The van der Waals surface area contributed by atoms with Gasteiger partial charge in [-0.05, 0) is 44.2 Å². The fourth-order valence-electron chi connectivity index (χ4n) is 2.17. The van der Waals surface area contributed by atoms with E-state index in [0.717, 1.165) is 23.6 Å². The van der Waals surface area contributed by atoms with Crippen molar-refractivity contribution in [2.75, 3.05) is 23.7 Å². The van der Waals surface area contributed by atoms with Gasteiger partial charge in [0.15, 0.2) is 0 Å². The first-order chi connectivity index (χ1) is 11.3. The van der Waals surface area contributed by atoms with Gasteiger partial charge in [0, 0.05) is 30.5 Å². The molecule has 0 unspecified atom stereocenters. The van der Waals surface area contributed by atoms with Crippen LogP contribution in [0.3, 0.4) is 0 Å². The van der Waals surface area contributed by atoms with Gasteiger partial charge in [0.25, 0.3) is 0 Å². The van der Waals surface area contributed by atoms with E-state index in [4.69, 9.17) is 4.74 Å². The molecule has 0 bridgehead atoms. The molecule has 0 heterocycles. The van der Waals surface area contributed by atoms with Gasteiger partial charge in [-0.25, -0.2) is 0 Å². The van der Waals surface area contributed by atoms with E-state index in [0.29, 0.717) is 18.8 Å². The zero-order valence-corrected chi connectivity index (χ0v) is 13.7. The number of anilines is 2. The van der Waals surface area contributed by atoms with Crippen molar-refractivity contribution in [1.29, 1.82) is 0 Å². The third-order valence-corrected chi connectivity index (χ3v) is 3.18. The van der Waals surface area contributed by atoms with Gasteiger partial charge in [0.05, 0.1) is 11.7 Å². The molecular formula is C18H21F3N2O. The number of halogens is 3. The van der Waals surface area contributed by atoms with Crippen molar-refractivity contribution in [2.24, 2.45) is 0 Å². The highest BCUT2D eigenvalue weighted by Gasteiger charge is 2.30. The molecule has 0 radical (unpaired) electrons. The summed E-state index contributed by atoms with van der Waals surface area (Å²) in [6, 6.07) is 12.8. The largest absolute Gasteiger partial charge is 0.491 e. The van der Waals surface area contributed by atoms with E-state index in [9.17, 15) is 13.2 Å². The molecule has 2 aromatic rings. The molecule has 0 amide bonds. The van der Waals surface area contributed by atoms with Crippen LogP contribution in [0.4, 0.5) is 24.5 Å². The second kappa shape index (κ2) is 7.95. The molecule has 2 aromatic carbocycles. The second-order valence-electron chi connectivity index (χ2n) is 5.63. The molecule has 0 saturated carbocycles. The number of ether oxygens (including phenoxy) is 1. The van der Waals surface area contributed by atoms with Crippen LogP contribution < -0.4 is 15.4 Å². The highest BCUT2D eigenvalue weighted by molar-refractivity contribution is 5.49. The number of benzene rings is 2. The number of nitrogens with one attached hydrogen (secondary N) is 2. The summed E-state index contributed by atoms with van der Waals surface area (Å²) in [5, 5.41) is 6.19. The van der Waals surface area contributed by atoms with Crippen molar-refractivity contribution >= 4 is 11.4 Å². The number of alkyl halides is 3. The van der Waals surface area contributed by atoms with Gasteiger partial charge < -0.3 is 15.4 Å². The van der Waals surface area contributed by atoms with E-state index in [1.54, 1.807) is 6.07 Å². The van der Waals surface area contributed by atoms with Gasteiger partial charge in [-0.3, -0.25) is 0 Å². The Morgan fingerprint density at radius 2 is 1.50 bits per heavy atom. The van der Waals surface area contributed by atoms with Crippen LogP contribution in [0.5, 0.6) is 5.75 Å². The van der Waals surface area contributed by atoms with Gasteiger partial charge in [0.1, 0.15) is 5.75 Å². The Hall–Kier alpha value is -2.37. The van der Waals surface area contributed by atoms with E-state index in [1.807, 2.05) is 38.1 Å². The predicted molar refractivity (Wildman–Crippen MR) is 90.6 cm³/mol. The number of rotatable bonds is 7. The average molecular weight is 338 g/mol. The van der Waals surface area contributed by atoms with E-state index in [-0.39, 0.29) is 6.10 Å². The van der Waals surface area contributed by atoms with Crippen LogP contribution in [-0.4, -0.2) is 19.2 Å². The van der Waals surface area contributed by atoms with Crippen LogP contribution >= 0.6 is 0 Å². The van der Waals surface area contributed by atoms with Crippen LogP contribution in [-0.2, 0) is 6.18 Å². The van der Waals surface area contributed by atoms with Crippen molar-refractivity contribution in [1.82, 2.24) is 0 Å². The fourth-order valence-corrected chi connectivity index (χ4v) is 2.17. The lowest BCUT2D eigenvalue weighted by Gasteiger charge is -2.13. The smallest absolute Gasteiger partial charge is 0.416 e. The highest BCUT2D eigenvalue weighted by Crippen LogP contribution is 2.30. The first kappa shape index (κ1) is 18.0. The average Bonchev–Trinajstić information content (AvgIpc) is 2.51. The quantitative estimate of drug-likeness (QED) is 0.696. The summed E-state index contributed by atoms with van der Waals surface area (Å²) in [6.45, 7) is 4.98. The standard InChI is InChI=1S/C18H21F3N2O/c1-13(2)24-17-8-4-7-16(12-17)23-10-9-22-15-6-3-5-14(11-15)18(19,20)21/h3-8,11-13,22-23H,9-10H2,1-2H3. The molecule has 2 rings (SSSR count). The Labute approximate surface area is 139 Å². The van der Waals surface area contributed by atoms with Crippen LogP contribution in [0.1, 0.15) is 19.4 Å². The summed E-state index contributed by atoms with van der Waals surface area (Å²) in [5.74, 6) is 0.779. The molecular weight excluding hydrogens is 317 g/mol. The molecule has 2 N–H and O–H groups in total. The Balaban J connectivity index is 1.83. The summed E-state index contributed by atoms with van der Waals surface area (Å²) in [6.07, 6.45) is -4.23. The third kappa shape index (κ3) is 5.68. The summed E-state index contributed by atoms with van der Waals surface area (Å²) in [7, 11) is 0. The minimum absolute atomic E-state index is 0.0998. The highest BCUT2D eigenvalue weighted by atomic mass is 19.4. The van der Waals surface area contributed by atoms with E-state index in [1.165, 1.54) is 6.07 Å². The summed E-state index contributed by atoms with van der Waals surface area (Å²) in [5.41, 5.74) is 0.696. The van der Waals surface area contributed by atoms with Crippen LogP contribution in [0.2, 0.25) is 0 Å². The number of hydrogen-bond acceptors (Lipinski definition) is 3. The molecule has 0 atom stereocenters. The van der Waals surface area contributed by atoms with E-state index in [2.05, 4.69) is 10.6 Å². The molecule has 0 fully saturated rings. The van der Waals surface area contributed by atoms with Gasteiger partial charge in [-0.1, -0.05) is 12.1 Å². The zero-order chi connectivity index (χ0) is 17.6. The van der Waals surface area contributed by atoms with Gasteiger partial charge in [-0.15, -0.1) is 0 Å². The molecule has 6 heteroatoms. The SMILES string of the molecule is CC(C)Oc1cccc(NCCNc2cccc(C(F)(F)F)c2)c1. The Morgan fingerprint density at radius 3 is 2.08 bits per heavy atom. The zero-order valence-electron chi connectivity index (χ0n) is 13.7. The molecule has 0 aliphatic carbocycles. The molecule has 0 spiro atoms. The maximum Gasteiger partial charge on any atom is 0.416 e. The summed E-state index contributed by atoms with van der Waals surface area (Å²) >= 11 is 0. The minimum atomic E-state index is -4.33. The van der Waals surface area contributed by atoms with Crippen LogP contribution in [0.15, 0.2) is 48.5 Å². The first-order valence-electron chi connectivity index (χ1n) is 7.76. The molecule has 0 saturated heterocycles. The topological polar surface area (TPSA) is 33.3 Å². The second-order valence-corrected chi connectivity index (χ2v) is 5.63. The first-order valence-corrected chi connectivity index (χ1v) is 7.76. The lowest BCUT2D eigenvalue weighted by molar-refractivity contribution is -0.137. The van der Waals surface area contributed by atoms with Crippen molar-refractivity contribution in [3.63, 3.8) is 0 Å². The Bertz CT molecular complexity index is 657. The van der Waals surface area contributed by atoms with Crippen molar-refractivity contribution in [2.45, 2.75) is 26.1 Å². The van der Waals surface area contributed by atoms with Gasteiger partial charge >= 0.3 is 6.18 Å². The van der Waals surface area contributed by atoms with Crippen molar-refractivity contribution in [3.05, 3.63) is 54.1 Å². The predicted octanol–water partition coefficient (Wildman–Crippen LogP) is 5.02. The number of hydrogen-bond donors (Lipinski definition) is 2. The summed E-state index contributed by atoms with van der Waals surface area (Å²) < 4.78 is 43.6. The molecule has 0 aliphatic rings. The third-order valence-electron chi connectivity index (χ3n) is 3.18. The Kier molecular flexibility index (Phi) is 5.95. The van der Waals surface area contributed by atoms with E-state index >= 15 is 0 Å². The molecule has 0 aromatic heterocycles. The van der Waals surface area contributed by atoms with Crippen molar-refractivity contribution in [3.8, 4) is 5.75 Å². The van der Waals surface area contributed by atoms with Crippen molar-refractivity contribution < 1.29 is 17.9 Å². The fraction of sp³-hybridized carbons (Fsp3) is 0.333. The van der Waals surface area contributed by atoms with Crippen LogP contribution in [0.25, 0.3) is 0 Å². The minimum Gasteiger partial charge on any atom is -0.491 e. The summed E-state index contributed by atoms with van der Waals surface area (Å²) in [4.78, 5) is 0. The van der Waals surface area contributed by atoms with Gasteiger partial charge in [-0.2, -0.15) is 13.2 Å². The maximum absolute atomic E-state index is 12.7. The van der Waals surface area contributed by atoms with Crippen LogP contribution in [0, 0.1) is 0 Å².